The van der Waals surface area contributed by atoms with Crippen LogP contribution in [0.2, 0.25) is 0 Å². The highest BCUT2D eigenvalue weighted by Gasteiger charge is 2.08. The highest BCUT2D eigenvalue weighted by Crippen LogP contribution is 2.19. The van der Waals surface area contributed by atoms with Gasteiger partial charge in [0.2, 0.25) is 0 Å². The van der Waals surface area contributed by atoms with Gasteiger partial charge in [0.25, 0.3) is 0 Å². The number of Topliss-reactive ketones (excluding diaryl/α,β-unsaturated/α-hetero) is 1. The summed E-state index contributed by atoms with van der Waals surface area (Å²) in [6.07, 6.45) is 0. The number of rotatable bonds is 2. The van der Waals surface area contributed by atoms with Crippen LogP contribution < -0.4 is 0 Å². The summed E-state index contributed by atoms with van der Waals surface area (Å²) in [5.41, 5.74) is 2.00. The van der Waals surface area contributed by atoms with Crippen molar-refractivity contribution in [1.82, 2.24) is 0 Å². The SMILES string of the molecule is CC(=O)c1ccccc1C(C)C.[HH]. The van der Waals surface area contributed by atoms with Gasteiger partial charge in [-0.2, -0.15) is 0 Å². The minimum absolute atomic E-state index is 0. The third kappa shape index (κ3) is 1.73. The van der Waals surface area contributed by atoms with Gasteiger partial charge < -0.3 is 0 Å². The Bertz CT molecular complexity index is 292. The van der Waals surface area contributed by atoms with E-state index in [9.17, 15) is 4.79 Å². The van der Waals surface area contributed by atoms with Crippen molar-refractivity contribution in [1.29, 1.82) is 0 Å². The third-order valence-corrected chi connectivity index (χ3v) is 1.96. The van der Waals surface area contributed by atoms with Crippen molar-refractivity contribution in [2.24, 2.45) is 0 Å². The van der Waals surface area contributed by atoms with E-state index in [1.807, 2.05) is 24.3 Å². The molecule has 0 N–H and O–H groups in total. The second kappa shape index (κ2) is 3.53. The smallest absolute Gasteiger partial charge is 0.160 e. The topological polar surface area (TPSA) is 17.1 Å². The minimum atomic E-state index is 0. The average molecular weight is 164 g/mol. The molecule has 0 fully saturated rings. The maximum absolute atomic E-state index is 11.2. The van der Waals surface area contributed by atoms with Crippen LogP contribution in [0, 0.1) is 0 Å². The maximum atomic E-state index is 11.2. The Balaban J connectivity index is 0.00000144. The zero-order chi connectivity index (χ0) is 9.14. The van der Waals surface area contributed by atoms with Crippen LogP contribution in [0.1, 0.15) is 44.0 Å². The Hall–Kier alpha value is -1.11. The van der Waals surface area contributed by atoms with Crippen molar-refractivity contribution >= 4 is 5.78 Å². The highest BCUT2D eigenvalue weighted by molar-refractivity contribution is 5.95. The first kappa shape index (κ1) is 8.98. The van der Waals surface area contributed by atoms with Gasteiger partial charge in [0, 0.05) is 6.99 Å². The van der Waals surface area contributed by atoms with Gasteiger partial charge in [-0.1, -0.05) is 38.1 Å². The van der Waals surface area contributed by atoms with Crippen molar-refractivity contribution in [3.05, 3.63) is 35.4 Å². The van der Waals surface area contributed by atoms with Gasteiger partial charge in [-0.3, -0.25) is 4.79 Å². The van der Waals surface area contributed by atoms with E-state index < -0.39 is 0 Å². The Kier molecular flexibility index (Phi) is 2.64. The highest BCUT2D eigenvalue weighted by atomic mass is 16.1. The monoisotopic (exact) mass is 164 g/mol. The summed E-state index contributed by atoms with van der Waals surface area (Å²) in [5.74, 6) is 0.574. The van der Waals surface area contributed by atoms with E-state index in [4.69, 9.17) is 0 Å². The fourth-order valence-electron chi connectivity index (χ4n) is 1.32. The predicted octanol–water partition coefficient (Wildman–Crippen LogP) is 3.26. The molecule has 12 heavy (non-hydrogen) atoms. The third-order valence-electron chi connectivity index (χ3n) is 1.96. The predicted molar refractivity (Wildman–Crippen MR) is 52.6 cm³/mol. The van der Waals surface area contributed by atoms with Crippen LogP contribution in [-0.4, -0.2) is 5.78 Å². The quantitative estimate of drug-likeness (QED) is 0.613. The number of hydrogen-bond donors (Lipinski definition) is 0. The van der Waals surface area contributed by atoms with E-state index in [-0.39, 0.29) is 7.21 Å². The molecule has 0 saturated carbocycles. The molecule has 0 unspecified atom stereocenters. The standard InChI is InChI=1S/C11H14O.H2/c1-8(2)10-6-4-5-7-11(10)9(3)12;/h4-8H,1-3H3;1H. The number of carbonyl (C=O) groups is 1. The second-order valence-electron chi connectivity index (χ2n) is 3.30. The number of ketones is 1. The Morgan fingerprint density at radius 1 is 1.33 bits per heavy atom. The van der Waals surface area contributed by atoms with Gasteiger partial charge in [0.15, 0.2) is 5.78 Å². The molecule has 66 valence electrons. The fourth-order valence-corrected chi connectivity index (χ4v) is 1.32. The van der Waals surface area contributed by atoms with Crippen LogP contribution in [0.15, 0.2) is 24.3 Å². The molecule has 0 saturated heterocycles. The Morgan fingerprint density at radius 2 is 1.92 bits per heavy atom. The van der Waals surface area contributed by atoms with Gasteiger partial charge in [0.1, 0.15) is 0 Å². The molecule has 0 radical (unpaired) electrons. The van der Waals surface area contributed by atoms with Crippen LogP contribution in [0.3, 0.4) is 0 Å². The summed E-state index contributed by atoms with van der Waals surface area (Å²) in [6, 6.07) is 7.78. The molecule has 0 aliphatic carbocycles. The van der Waals surface area contributed by atoms with E-state index in [0.717, 1.165) is 11.1 Å². The molecule has 0 aliphatic heterocycles. The zero-order valence-electron chi connectivity index (χ0n) is 7.79. The van der Waals surface area contributed by atoms with E-state index in [2.05, 4.69) is 13.8 Å². The molecular weight excluding hydrogens is 148 g/mol. The molecule has 1 heteroatoms. The molecule has 0 bridgehead atoms. The van der Waals surface area contributed by atoms with Gasteiger partial charge in [-0.05, 0) is 18.4 Å². The van der Waals surface area contributed by atoms with Gasteiger partial charge in [-0.25, -0.2) is 0 Å². The van der Waals surface area contributed by atoms with Crippen LogP contribution in [-0.2, 0) is 0 Å². The van der Waals surface area contributed by atoms with E-state index >= 15 is 0 Å². The van der Waals surface area contributed by atoms with Crippen molar-refractivity contribution < 1.29 is 6.22 Å². The molecule has 0 spiro atoms. The first-order valence-corrected chi connectivity index (χ1v) is 4.22. The molecule has 1 nitrogen and oxygen atoms in total. The first-order valence-electron chi connectivity index (χ1n) is 4.22. The molecule has 0 aromatic heterocycles. The fraction of sp³-hybridized carbons (Fsp3) is 0.364. The molecule has 1 aromatic rings. The van der Waals surface area contributed by atoms with Crippen molar-refractivity contribution in [2.45, 2.75) is 26.7 Å². The zero-order valence-corrected chi connectivity index (χ0v) is 7.79. The number of benzene rings is 1. The molecule has 0 atom stereocenters. The minimum Gasteiger partial charge on any atom is -0.295 e. The van der Waals surface area contributed by atoms with Crippen molar-refractivity contribution in [3.63, 3.8) is 0 Å². The van der Waals surface area contributed by atoms with Crippen LogP contribution in [0.5, 0.6) is 0 Å². The summed E-state index contributed by atoms with van der Waals surface area (Å²) in [7, 11) is 0. The molecule has 1 rings (SSSR count). The lowest BCUT2D eigenvalue weighted by molar-refractivity contribution is 0.101. The summed E-state index contributed by atoms with van der Waals surface area (Å²) in [5, 5.41) is 0. The van der Waals surface area contributed by atoms with E-state index in [1.54, 1.807) is 6.92 Å². The average Bonchev–Trinajstić information content (AvgIpc) is 2.04. The van der Waals surface area contributed by atoms with Crippen LogP contribution in [0.4, 0.5) is 0 Å². The van der Waals surface area contributed by atoms with E-state index in [0.29, 0.717) is 5.92 Å². The molecule has 0 aliphatic rings. The van der Waals surface area contributed by atoms with Crippen molar-refractivity contribution in [2.75, 3.05) is 0 Å². The summed E-state index contributed by atoms with van der Waals surface area (Å²) >= 11 is 0. The van der Waals surface area contributed by atoms with Gasteiger partial charge in [-0.15, -0.1) is 0 Å². The maximum Gasteiger partial charge on any atom is 0.160 e. The second-order valence-corrected chi connectivity index (χ2v) is 3.30. The lowest BCUT2D eigenvalue weighted by atomic mass is 9.95. The van der Waals surface area contributed by atoms with Gasteiger partial charge >= 0.3 is 0 Å². The molecular formula is C11H16O. The lowest BCUT2D eigenvalue weighted by Crippen LogP contribution is -2.00. The van der Waals surface area contributed by atoms with Crippen molar-refractivity contribution in [3.8, 4) is 0 Å². The van der Waals surface area contributed by atoms with Gasteiger partial charge in [0.05, 0.1) is 0 Å². The van der Waals surface area contributed by atoms with Crippen LogP contribution in [0.25, 0.3) is 0 Å². The molecule has 1 aromatic carbocycles. The number of hydrogen-bond acceptors (Lipinski definition) is 1. The molecule has 0 amide bonds. The number of carbonyl (C=O) groups excluding carboxylic acids is 1. The first-order chi connectivity index (χ1) is 5.63. The van der Waals surface area contributed by atoms with E-state index in [1.165, 1.54) is 0 Å². The van der Waals surface area contributed by atoms with Crippen LogP contribution >= 0.6 is 0 Å². The largest absolute Gasteiger partial charge is 0.295 e. The normalized spacial score (nSPS) is 10.3. The summed E-state index contributed by atoms with van der Waals surface area (Å²) in [6.45, 7) is 5.81. The summed E-state index contributed by atoms with van der Waals surface area (Å²) in [4.78, 5) is 11.2. The lowest BCUT2D eigenvalue weighted by Gasteiger charge is -2.09. The Morgan fingerprint density at radius 3 is 2.33 bits per heavy atom. The Labute approximate surface area is 74.9 Å². The molecule has 0 heterocycles. The summed E-state index contributed by atoms with van der Waals surface area (Å²) < 4.78 is 0.